The average Bonchev–Trinajstić information content (AvgIpc) is 3.40. The van der Waals surface area contributed by atoms with Crippen LogP contribution >= 0.6 is 22.9 Å². The number of rotatable bonds is 7. The molecule has 9 heteroatoms. The Hall–Kier alpha value is -4.24. The van der Waals surface area contributed by atoms with Gasteiger partial charge >= 0.3 is 0 Å². The number of hydrogen-bond donors (Lipinski definition) is 2. The summed E-state index contributed by atoms with van der Waals surface area (Å²) >= 11 is 8.25. The molecule has 0 aliphatic rings. The number of allylic oxidation sites excluding steroid dienone is 1. The molecule has 1 unspecified atom stereocenters. The number of alkyl halides is 1. The van der Waals surface area contributed by atoms with Gasteiger partial charge in [0.15, 0.2) is 0 Å². The van der Waals surface area contributed by atoms with Crippen molar-refractivity contribution in [2.45, 2.75) is 19.2 Å². The fourth-order valence-corrected chi connectivity index (χ4v) is 4.53. The van der Waals surface area contributed by atoms with Gasteiger partial charge in [-0.25, -0.2) is 9.97 Å². The lowest BCUT2D eigenvalue weighted by atomic mass is 10.0. The Kier molecular flexibility index (Phi) is 7.37. The molecule has 2 heterocycles. The van der Waals surface area contributed by atoms with Gasteiger partial charge in [-0.15, -0.1) is 22.9 Å². The first-order chi connectivity index (χ1) is 17.0. The molecule has 2 aromatic heterocycles. The van der Waals surface area contributed by atoms with Crippen LogP contribution in [0.2, 0.25) is 0 Å². The SMILES string of the molecule is Cc1cc(C=CC#N)cc(C)c1Nc1nc(Nc2ccc(C#N)cc2)ncc1C(Cl)c1nccs1. The molecule has 1 atom stereocenters. The lowest BCUT2D eigenvalue weighted by Gasteiger charge is -2.18. The van der Waals surface area contributed by atoms with Crippen molar-refractivity contribution < 1.29 is 0 Å². The molecule has 35 heavy (non-hydrogen) atoms. The summed E-state index contributed by atoms with van der Waals surface area (Å²) in [4.78, 5) is 13.5. The summed E-state index contributed by atoms with van der Waals surface area (Å²) in [6.45, 7) is 3.99. The van der Waals surface area contributed by atoms with Crippen LogP contribution < -0.4 is 10.6 Å². The lowest BCUT2D eigenvalue weighted by molar-refractivity contribution is 1.03. The molecule has 0 saturated heterocycles. The third kappa shape index (κ3) is 5.64. The van der Waals surface area contributed by atoms with Crippen LogP contribution in [0, 0.1) is 36.5 Å². The van der Waals surface area contributed by atoms with Crippen LogP contribution in [0.25, 0.3) is 6.08 Å². The summed E-state index contributed by atoms with van der Waals surface area (Å²) in [7, 11) is 0. The smallest absolute Gasteiger partial charge is 0.229 e. The summed E-state index contributed by atoms with van der Waals surface area (Å²) in [5.41, 5.74) is 5.85. The summed E-state index contributed by atoms with van der Waals surface area (Å²) in [5.74, 6) is 0.936. The van der Waals surface area contributed by atoms with Gasteiger partial charge in [-0.3, -0.25) is 0 Å². The van der Waals surface area contributed by atoms with Gasteiger partial charge in [-0.05, 0) is 73.0 Å². The van der Waals surface area contributed by atoms with Crippen LogP contribution in [-0.4, -0.2) is 15.0 Å². The number of nitrogens with one attached hydrogen (secondary N) is 2. The maximum atomic E-state index is 9.02. The molecule has 2 N–H and O–H groups in total. The summed E-state index contributed by atoms with van der Waals surface area (Å²) in [6.07, 6.45) is 6.63. The highest BCUT2D eigenvalue weighted by atomic mass is 35.5. The minimum Gasteiger partial charge on any atom is -0.339 e. The van der Waals surface area contributed by atoms with Crippen molar-refractivity contribution in [1.29, 1.82) is 10.5 Å². The van der Waals surface area contributed by atoms with Gasteiger partial charge in [0.05, 0.1) is 17.7 Å². The largest absolute Gasteiger partial charge is 0.339 e. The van der Waals surface area contributed by atoms with E-state index in [-0.39, 0.29) is 0 Å². The van der Waals surface area contributed by atoms with Crippen LogP contribution in [0.5, 0.6) is 0 Å². The molecular formula is C26H20ClN7S. The number of aryl methyl sites for hydroxylation is 2. The van der Waals surface area contributed by atoms with Crippen LogP contribution in [0.1, 0.15) is 38.2 Å². The van der Waals surface area contributed by atoms with E-state index in [1.165, 1.54) is 17.4 Å². The number of nitrogens with zero attached hydrogens (tertiary/aromatic N) is 5. The molecule has 0 amide bonds. The van der Waals surface area contributed by atoms with Gasteiger partial charge in [0.2, 0.25) is 5.95 Å². The first-order valence-electron chi connectivity index (χ1n) is 10.6. The van der Waals surface area contributed by atoms with E-state index in [1.807, 2.05) is 37.4 Å². The third-order valence-electron chi connectivity index (χ3n) is 5.18. The number of hydrogen-bond acceptors (Lipinski definition) is 8. The first-order valence-corrected chi connectivity index (χ1v) is 11.9. The van der Waals surface area contributed by atoms with Crippen molar-refractivity contribution in [3.63, 3.8) is 0 Å². The molecule has 172 valence electrons. The molecule has 0 fully saturated rings. The standard InChI is InChI=1S/C26H20ClN7S/c1-16-12-19(4-3-9-28)13-17(2)23(16)33-24-21(22(27)25-30-10-11-35-25)15-31-26(34-24)32-20-7-5-18(14-29)6-8-20/h3-8,10-13,15,22H,1-2H3,(H2,31,32,33,34). The minimum atomic E-state index is -0.528. The summed E-state index contributed by atoms with van der Waals surface area (Å²) < 4.78 is 0. The zero-order valence-corrected chi connectivity index (χ0v) is 20.5. The quantitative estimate of drug-likeness (QED) is 0.214. The summed E-state index contributed by atoms with van der Waals surface area (Å²) in [6, 6.07) is 15.2. The van der Waals surface area contributed by atoms with Gasteiger partial charge in [0.25, 0.3) is 0 Å². The number of anilines is 4. The number of halogens is 1. The Morgan fingerprint density at radius 3 is 2.43 bits per heavy atom. The van der Waals surface area contributed by atoms with E-state index in [2.05, 4.69) is 26.7 Å². The minimum absolute atomic E-state index is 0.382. The van der Waals surface area contributed by atoms with Gasteiger partial charge < -0.3 is 10.6 Å². The molecule has 4 aromatic rings. The monoisotopic (exact) mass is 497 g/mol. The lowest BCUT2D eigenvalue weighted by Crippen LogP contribution is -2.08. The van der Waals surface area contributed by atoms with Crippen molar-refractivity contribution in [2.24, 2.45) is 0 Å². The molecule has 7 nitrogen and oxygen atoms in total. The molecule has 0 bridgehead atoms. The normalized spacial score (nSPS) is 11.6. The first kappa shape index (κ1) is 23.9. The number of benzene rings is 2. The highest BCUT2D eigenvalue weighted by molar-refractivity contribution is 7.09. The van der Waals surface area contributed by atoms with Crippen LogP contribution in [0.15, 0.2) is 60.2 Å². The highest BCUT2D eigenvalue weighted by Gasteiger charge is 2.21. The maximum absolute atomic E-state index is 9.02. The van der Waals surface area contributed by atoms with Gasteiger partial charge in [0, 0.05) is 40.8 Å². The van der Waals surface area contributed by atoms with Crippen LogP contribution in [-0.2, 0) is 0 Å². The van der Waals surface area contributed by atoms with Gasteiger partial charge in [-0.1, -0.05) is 0 Å². The molecule has 0 saturated carbocycles. The van der Waals surface area contributed by atoms with Crippen molar-refractivity contribution in [3.8, 4) is 12.1 Å². The third-order valence-corrected chi connectivity index (χ3v) is 6.59. The Morgan fingerprint density at radius 2 is 1.80 bits per heavy atom. The zero-order valence-electron chi connectivity index (χ0n) is 19.0. The van der Waals surface area contributed by atoms with E-state index in [9.17, 15) is 0 Å². The van der Waals surface area contributed by atoms with Gasteiger partial charge in [0.1, 0.15) is 16.2 Å². The number of thiazole rings is 1. The van der Waals surface area contributed by atoms with E-state index in [0.717, 1.165) is 33.1 Å². The van der Waals surface area contributed by atoms with E-state index < -0.39 is 5.38 Å². The molecule has 0 aliphatic heterocycles. The van der Waals surface area contributed by atoms with Crippen molar-refractivity contribution in [1.82, 2.24) is 15.0 Å². The number of aromatic nitrogens is 3. The fraction of sp³-hybridized carbons (Fsp3) is 0.115. The van der Waals surface area contributed by atoms with Crippen molar-refractivity contribution in [2.75, 3.05) is 10.6 Å². The number of nitriles is 2. The van der Waals surface area contributed by atoms with E-state index in [4.69, 9.17) is 27.1 Å². The molecule has 0 radical (unpaired) electrons. The average molecular weight is 498 g/mol. The Labute approximate surface area is 212 Å². The second-order valence-electron chi connectivity index (χ2n) is 7.66. The van der Waals surface area contributed by atoms with Crippen LogP contribution in [0.3, 0.4) is 0 Å². The van der Waals surface area contributed by atoms with Crippen LogP contribution in [0.4, 0.5) is 23.1 Å². The second-order valence-corrected chi connectivity index (χ2v) is 9.02. The van der Waals surface area contributed by atoms with Crippen molar-refractivity contribution in [3.05, 3.63) is 93.1 Å². The highest BCUT2D eigenvalue weighted by Crippen LogP contribution is 2.36. The van der Waals surface area contributed by atoms with E-state index in [1.54, 1.807) is 42.7 Å². The van der Waals surface area contributed by atoms with E-state index >= 15 is 0 Å². The molecule has 4 rings (SSSR count). The topological polar surface area (TPSA) is 110 Å². The molecule has 2 aromatic carbocycles. The predicted octanol–water partition coefficient (Wildman–Crippen LogP) is 6.77. The van der Waals surface area contributed by atoms with Crippen molar-refractivity contribution >= 4 is 52.2 Å². The Morgan fingerprint density at radius 1 is 1.06 bits per heavy atom. The fourth-order valence-electron chi connectivity index (χ4n) is 3.53. The predicted molar refractivity (Wildman–Crippen MR) is 140 cm³/mol. The Balaban J connectivity index is 1.72. The Bertz CT molecular complexity index is 1430. The van der Waals surface area contributed by atoms with E-state index in [0.29, 0.717) is 22.9 Å². The molecular weight excluding hydrogens is 478 g/mol. The maximum Gasteiger partial charge on any atom is 0.229 e. The van der Waals surface area contributed by atoms with Gasteiger partial charge in [-0.2, -0.15) is 15.5 Å². The summed E-state index contributed by atoms with van der Waals surface area (Å²) in [5, 5.41) is 26.6. The molecule has 0 spiro atoms. The molecule has 0 aliphatic carbocycles. The zero-order chi connectivity index (χ0) is 24.8. The second kappa shape index (κ2) is 10.8.